The predicted molar refractivity (Wildman–Crippen MR) is 62.5 cm³/mol. The minimum Gasteiger partial charge on any atom is -0.397 e. The summed E-state index contributed by atoms with van der Waals surface area (Å²) in [6, 6.07) is 6.15. The smallest absolute Gasteiger partial charge is 0.0638 e. The number of nitrogens with two attached hydrogens (primary N) is 1. The summed E-state index contributed by atoms with van der Waals surface area (Å²) in [5.74, 6) is 0.978. The summed E-state index contributed by atoms with van der Waals surface area (Å²) in [5, 5.41) is 2.09. The zero-order chi connectivity index (χ0) is 9.80. The molecule has 2 heterocycles. The number of nitrogen functional groups attached to an aromatic ring is 1. The fraction of sp³-hybridized carbons (Fsp3) is 0.100. The van der Waals surface area contributed by atoms with Crippen molar-refractivity contribution >= 4 is 28.8 Å². The maximum atomic E-state index is 5.78. The van der Waals surface area contributed by atoms with Crippen LogP contribution < -0.4 is 5.73 Å². The summed E-state index contributed by atoms with van der Waals surface area (Å²) < 4.78 is 0. The molecule has 72 valence electrons. The fourth-order valence-corrected chi connectivity index (χ4v) is 2.78. The van der Waals surface area contributed by atoms with E-state index in [2.05, 4.69) is 22.5 Å². The molecule has 0 atom stereocenters. The van der Waals surface area contributed by atoms with Crippen molar-refractivity contribution in [3.8, 4) is 0 Å². The van der Waals surface area contributed by atoms with E-state index in [9.17, 15) is 0 Å². The largest absolute Gasteiger partial charge is 0.397 e. The Bertz CT molecular complexity index is 398. The van der Waals surface area contributed by atoms with Gasteiger partial charge in [-0.3, -0.25) is 4.98 Å². The number of nitrogens with zero attached hydrogens (tertiary/aromatic N) is 1. The van der Waals surface area contributed by atoms with Crippen LogP contribution in [0.4, 0.5) is 5.69 Å². The molecule has 4 heteroatoms. The molecular formula is C10H10N2S2. The van der Waals surface area contributed by atoms with Gasteiger partial charge in [0.2, 0.25) is 0 Å². The highest BCUT2D eigenvalue weighted by Gasteiger charge is 2.00. The number of anilines is 1. The molecule has 2 aromatic heterocycles. The van der Waals surface area contributed by atoms with Gasteiger partial charge in [-0.2, -0.15) is 0 Å². The summed E-state index contributed by atoms with van der Waals surface area (Å²) in [7, 11) is 0. The highest BCUT2D eigenvalue weighted by Crippen LogP contribution is 2.28. The molecule has 2 N–H and O–H groups in total. The van der Waals surface area contributed by atoms with E-state index >= 15 is 0 Å². The van der Waals surface area contributed by atoms with Crippen LogP contribution >= 0.6 is 23.1 Å². The Balaban J connectivity index is 2.02. The second-order valence-corrected chi connectivity index (χ2v) is 4.83. The number of thioether (sulfide) groups is 1. The van der Waals surface area contributed by atoms with Gasteiger partial charge in [-0.25, -0.2) is 0 Å². The molecule has 0 radical (unpaired) electrons. The van der Waals surface area contributed by atoms with Crippen molar-refractivity contribution in [3.05, 3.63) is 40.8 Å². The maximum absolute atomic E-state index is 5.78. The van der Waals surface area contributed by atoms with E-state index in [1.165, 1.54) is 4.88 Å². The molecule has 0 amide bonds. The van der Waals surface area contributed by atoms with E-state index in [1.54, 1.807) is 35.5 Å². The third-order valence-corrected chi connectivity index (χ3v) is 3.96. The normalized spacial score (nSPS) is 10.3. The Morgan fingerprint density at radius 1 is 1.43 bits per heavy atom. The summed E-state index contributed by atoms with van der Waals surface area (Å²) in [6.07, 6.45) is 3.46. The lowest BCUT2D eigenvalue weighted by molar-refractivity contribution is 1.27. The van der Waals surface area contributed by atoms with Crippen molar-refractivity contribution in [3.63, 3.8) is 0 Å². The molecule has 0 aliphatic rings. The van der Waals surface area contributed by atoms with Crippen LogP contribution in [0.15, 0.2) is 40.9 Å². The van der Waals surface area contributed by atoms with Crippen LogP contribution in [0.1, 0.15) is 4.88 Å². The molecule has 2 rings (SSSR count). The van der Waals surface area contributed by atoms with Gasteiger partial charge in [-0.15, -0.1) is 23.1 Å². The van der Waals surface area contributed by atoms with Crippen LogP contribution in [-0.2, 0) is 5.75 Å². The lowest BCUT2D eigenvalue weighted by Crippen LogP contribution is -1.89. The van der Waals surface area contributed by atoms with Gasteiger partial charge < -0.3 is 5.73 Å². The first-order valence-electron chi connectivity index (χ1n) is 4.21. The highest BCUT2D eigenvalue weighted by atomic mass is 32.2. The first-order chi connectivity index (χ1) is 6.86. The summed E-state index contributed by atoms with van der Waals surface area (Å²) >= 11 is 3.52. The molecule has 0 saturated carbocycles. The second-order valence-electron chi connectivity index (χ2n) is 2.78. The third kappa shape index (κ3) is 2.27. The summed E-state index contributed by atoms with van der Waals surface area (Å²) in [5.41, 5.74) is 6.54. The van der Waals surface area contributed by atoms with Gasteiger partial charge in [0.25, 0.3) is 0 Å². The van der Waals surface area contributed by atoms with Crippen LogP contribution in [-0.4, -0.2) is 4.98 Å². The fourth-order valence-electron chi connectivity index (χ4n) is 1.07. The van der Waals surface area contributed by atoms with Crippen molar-refractivity contribution in [1.82, 2.24) is 4.98 Å². The molecule has 2 aromatic rings. The van der Waals surface area contributed by atoms with Crippen molar-refractivity contribution in [2.75, 3.05) is 5.73 Å². The van der Waals surface area contributed by atoms with Crippen molar-refractivity contribution in [2.45, 2.75) is 10.6 Å². The standard InChI is InChI=1S/C10H10N2S2/c11-9-6-12-4-3-10(9)14-7-8-2-1-5-13-8/h1-6H,7,11H2. The molecule has 0 bridgehead atoms. The maximum Gasteiger partial charge on any atom is 0.0638 e. The van der Waals surface area contributed by atoms with E-state index in [1.807, 2.05) is 6.07 Å². The van der Waals surface area contributed by atoms with E-state index in [0.717, 1.165) is 16.3 Å². The lowest BCUT2D eigenvalue weighted by Gasteiger charge is -2.02. The van der Waals surface area contributed by atoms with Gasteiger partial charge in [0, 0.05) is 21.7 Å². The second kappa shape index (κ2) is 4.48. The number of rotatable bonds is 3. The molecule has 0 aliphatic carbocycles. The molecule has 14 heavy (non-hydrogen) atoms. The Hall–Kier alpha value is -1.00. The SMILES string of the molecule is Nc1cnccc1SCc1cccs1. The van der Waals surface area contributed by atoms with Crippen LogP contribution in [0.3, 0.4) is 0 Å². The van der Waals surface area contributed by atoms with Crippen molar-refractivity contribution < 1.29 is 0 Å². The zero-order valence-corrected chi connectivity index (χ0v) is 9.15. The number of hydrogen-bond donors (Lipinski definition) is 1. The third-order valence-electron chi connectivity index (χ3n) is 1.76. The van der Waals surface area contributed by atoms with Gasteiger partial charge >= 0.3 is 0 Å². The van der Waals surface area contributed by atoms with Crippen LogP contribution in [0.2, 0.25) is 0 Å². The average Bonchev–Trinajstić information content (AvgIpc) is 2.69. The van der Waals surface area contributed by atoms with Gasteiger partial charge in [-0.1, -0.05) is 6.07 Å². The Morgan fingerprint density at radius 3 is 3.07 bits per heavy atom. The van der Waals surface area contributed by atoms with Gasteiger partial charge in [-0.05, 0) is 17.5 Å². The van der Waals surface area contributed by atoms with E-state index in [-0.39, 0.29) is 0 Å². The van der Waals surface area contributed by atoms with Gasteiger partial charge in [0.05, 0.1) is 11.9 Å². The molecule has 0 aromatic carbocycles. The number of pyridine rings is 1. The van der Waals surface area contributed by atoms with E-state index < -0.39 is 0 Å². The number of thiophene rings is 1. The summed E-state index contributed by atoms with van der Waals surface area (Å²) in [6.45, 7) is 0. The van der Waals surface area contributed by atoms with Crippen molar-refractivity contribution in [1.29, 1.82) is 0 Å². The first-order valence-corrected chi connectivity index (χ1v) is 6.07. The summed E-state index contributed by atoms with van der Waals surface area (Å²) in [4.78, 5) is 6.43. The molecule has 0 fully saturated rings. The molecule has 0 spiro atoms. The predicted octanol–water partition coefficient (Wildman–Crippen LogP) is 3.02. The average molecular weight is 222 g/mol. The van der Waals surface area contributed by atoms with Gasteiger partial charge in [0.1, 0.15) is 0 Å². The van der Waals surface area contributed by atoms with Crippen molar-refractivity contribution in [2.24, 2.45) is 0 Å². The first kappa shape index (κ1) is 9.55. The lowest BCUT2D eigenvalue weighted by atomic mass is 10.4. The Labute approximate surface area is 91.2 Å². The molecule has 0 aliphatic heterocycles. The quantitative estimate of drug-likeness (QED) is 0.811. The molecule has 0 saturated heterocycles. The van der Waals surface area contributed by atoms with E-state index in [4.69, 9.17) is 5.73 Å². The van der Waals surface area contributed by atoms with Crippen LogP contribution in [0.25, 0.3) is 0 Å². The Kier molecular flexibility index (Phi) is 3.06. The minimum atomic E-state index is 0.758. The minimum absolute atomic E-state index is 0.758. The highest BCUT2D eigenvalue weighted by molar-refractivity contribution is 7.98. The Morgan fingerprint density at radius 2 is 2.36 bits per heavy atom. The number of aromatic nitrogens is 1. The monoisotopic (exact) mass is 222 g/mol. The van der Waals surface area contributed by atoms with Gasteiger partial charge in [0.15, 0.2) is 0 Å². The molecular weight excluding hydrogens is 212 g/mol. The molecule has 0 unspecified atom stereocenters. The topological polar surface area (TPSA) is 38.9 Å². The van der Waals surface area contributed by atoms with E-state index in [0.29, 0.717) is 0 Å². The van der Waals surface area contributed by atoms with Crippen LogP contribution in [0.5, 0.6) is 0 Å². The molecule has 2 nitrogen and oxygen atoms in total. The van der Waals surface area contributed by atoms with Crippen LogP contribution in [0, 0.1) is 0 Å². The zero-order valence-electron chi connectivity index (χ0n) is 7.51. The number of hydrogen-bond acceptors (Lipinski definition) is 4.